The molecule has 104 valence electrons. The molecule has 0 unspecified atom stereocenters. The Morgan fingerprint density at radius 2 is 2.25 bits per heavy atom. The van der Waals surface area contributed by atoms with Gasteiger partial charge >= 0.3 is 5.69 Å². The van der Waals surface area contributed by atoms with Crippen molar-refractivity contribution in [3.8, 4) is 0 Å². The molecule has 3 N–H and O–H groups in total. The van der Waals surface area contributed by atoms with Gasteiger partial charge in [-0.05, 0) is 18.2 Å². The molecule has 1 aromatic carbocycles. The number of carbonyl (C=O) groups is 1. The number of nitrogens with one attached hydrogen (secondary N) is 1. The molecule has 8 heteroatoms. The van der Waals surface area contributed by atoms with E-state index in [4.69, 9.17) is 17.3 Å². The van der Waals surface area contributed by atoms with Crippen molar-refractivity contribution >= 4 is 28.9 Å². The van der Waals surface area contributed by atoms with E-state index in [0.717, 1.165) is 10.6 Å². The van der Waals surface area contributed by atoms with E-state index in [1.807, 2.05) is 0 Å². The van der Waals surface area contributed by atoms with Crippen LogP contribution >= 0.6 is 11.6 Å². The lowest BCUT2D eigenvalue weighted by Gasteiger charge is -2.09. The molecule has 0 saturated heterocycles. The summed E-state index contributed by atoms with van der Waals surface area (Å²) in [6.45, 7) is -0.275. The van der Waals surface area contributed by atoms with Crippen LogP contribution in [0.15, 0.2) is 35.4 Å². The molecule has 0 radical (unpaired) electrons. The minimum atomic E-state index is -0.600. The number of carbonyl (C=O) groups excluding carboxylic acids is 1. The lowest BCUT2D eigenvalue weighted by molar-refractivity contribution is -0.116. The van der Waals surface area contributed by atoms with Crippen molar-refractivity contribution in [2.45, 2.75) is 6.54 Å². The summed E-state index contributed by atoms with van der Waals surface area (Å²) in [7, 11) is 0. The molecule has 0 aliphatic heterocycles. The first-order valence-corrected chi connectivity index (χ1v) is 5.90. The van der Waals surface area contributed by atoms with Crippen molar-refractivity contribution in [3.63, 3.8) is 0 Å². The van der Waals surface area contributed by atoms with Gasteiger partial charge in [0.15, 0.2) is 0 Å². The van der Waals surface area contributed by atoms with Gasteiger partial charge in [-0.15, -0.1) is 0 Å². The number of aromatic nitrogens is 2. The molecule has 1 aromatic heterocycles. The number of benzene rings is 1. The minimum Gasteiger partial charge on any atom is -0.397 e. The number of halogens is 2. The highest BCUT2D eigenvalue weighted by Gasteiger charge is 2.08. The van der Waals surface area contributed by atoms with Crippen LogP contribution in [0.1, 0.15) is 0 Å². The summed E-state index contributed by atoms with van der Waals surface area (Å²) in [5.74, 6) is -1.01. The van der Waals surface area contributed by atoms with Gasteiger partial charge < -0.3 is 11.1 Å². The zero-order chi connectivity index (χ0) is 14.7. The lowest BCUT2D eigenvalue weighted by atomic mass is 10.2. The number of nitrogens with zero attached hydrogens (tertiary/aromatic N) is 2. The molecule has 6 nitrogen and oxygen atoms in total. The van der Waals surface area contributed by atoms with Crippen LogP contribution in [0.4, 0.5) is 15.8 Å². The maximum atomic E-state index is 12.9. The molecule has 0 aliphatic carbocycles. The topological polar surface area (TPSA) is 90.0 Å². The smallest absolute Gasteiger partial charge is 0.348 e. The van der Waals surface area contributed by atoms with Gasteiger partial charge in [0.05, 0.1) is 22.6 Å². The Hall–Kier alpha value is -2.41. The van der Waals surface area contributed by atoms with E-state index in [0.29, 0.717) is 0 Å². The van der Waals surface area contributed by atoms with Gasteiger partial charge in [-0.25, -0.2) is 14.2 Å². The van der Waals surface area contributed by atoms with Crippen molar-refractivity contribution in [3.05, 3.63) is 51.9 Å². The van der Waals surface area contributed by atoms with E-state index in [9.17, 15) is 14.0 Å². The standard InChI is InChI=1S/C12H10ClFN4O2/c13-7-4-16-12(20)18(5-7)6-11(19)17-10-2-1-8(14)3-9(10)15/h1-5H,6,15H2,(H,17,19). The monoisotopic (exact) mass is 296 g/mol. The van der Waals surface area contributed by atoms with Gasteiger partial charge in [-0.1, -0.05) is 11.6 Å². The quantitative estimate of drug-likeness (QED) is 0.834. The predicted octanol–water partition coefficient (Wildman–Crippen LogP) is 1.26. The van der Waals surface area contributed by atoms with Crippen molar-refractivity contribution in [2.75, 3.05) is 11.1 Å². The number of rotatable bonds is 3. The average Bonchev–Trinajstić information content (AvgIpc) is 2.37. The molecule has 0 atom stereocenters. The van der Waals surface area contributed by atoms with Gasteiger partial charge in [-0.2, -0.15) is 0 Å². The summed E-state index contributed by atoms with van der Waals surface area (Å²) >= 11 is 5.69. The molecule has 20 heavy (non-hydrogen) atoms. The number of amides is 1. The zero-order valence-electron chi connectivity index (χ0n) is 10.1. The molecule has 1 heterocycles. The highest BCUT2D eigenvalue weighted by molar-refractivity contribution is 6.30. The Kier molecular flexibility index (Phi) is 3.99. The molecular weight excluding hydrogens is 287 g/mol. The van der Waals surface area contributed by atoms with E-state index in [1.165, 1.54) is 24.5 Å². The van der Waals surface area contributed by atoms with Crippen molar-refractivity contribution in [2.24, 2.45) is 0 Å². The fraction of sp³-hybridized carbons (Fsp3) is 0.0833. The lowest BCUT2D eigenvalue weighted by Crippen LogP contribution is -2.28. The van der Waals surface area contributed by atoms with Gasteiger partial charge in [0.2, 0.25) is 5.91 Å². The van der Waals surface area contributed by atoms with Gasteiger partial charge in [0.25, 0.3) is 0 Å². The van der Waals surface area contributed by atoms with E-state index < -0.39 is 17.4 Å². The Balaban J connectivity index is 2.13. The average molecular weight is 297 g/mol. The summed E-state index contributed by atoms with van der Waals surface area (Å²) in [5, 5.41) is 2.71. The third-order valence-electron chi connectivity index (χ3n) is 2.42. The highest BCUT2D eigenvalue weighted by Crippen LogP contribution is 2.18. The first-order valence-electron chi connectivity index (χ1n) is 5.52. The van der Waals surface area contributed by atoms with Gasteiger partial charge in [0, 0.05) is 6.20 Å². The first kappa shape index (κ1) is 14.0. The van der Waals surface area contributed by atoms with Crippen LogP contribution in [0.5, 0.6) is 0 Å². The zero-order valence-corrected chi connectivity index (χ0v) is 10.9. The second-order valence-corrected chi connectivity index (χ2v) is 4.40. The second kappa shape index (κ2) is 5.70. The minimum absolute atomic E-state index is 0.0925. The van der Waals surface area contributed by atoms with Crippen LogP contribution < -0.4 is 16.7 Å². The highest BCUT2D eigenvalue weighted by atomic mass is 35.5. The van der Waals surface area contributed by atoms with E-state index >= 15 is 0 Å². The summed E-state index contributed by atoms with van der Waals surface area (Å²) in [5.41, 5.74) is 5.32. The molecule has 0 saturated carbocycles. The molecule has 0 spiro atoms. The summed E-state index contributed by atoms with van der Waals surface area (Å²) < 4.78 is 13.9. The number of hydrogen-bond acceptors (Lipinski definition) is 4. The Bertz CT molecular complexity index is 717. The first-order chi connectivity index (χ1) is 9.45. The summed E-state index contributed by atoms with van der Waals surface area (Å²) in [6.07, 6.45) is 2.49. The molecule has 1 amide bonds. The van der Waals surface area contributed by atoms with Gasteiger partial charge in [-0.3, -0.25) is 9.36 Å². The van der Waals surface area contributed by atoms with Crippen LogP contribution in [0.3, 0.4) is 0 Å². The number of anilines is 2. The third kappa shape index (κ3) is 3.33. The Labute approximate surface area is 118 Å². The maximum absolute atomic E-state index is 12.9. The SMILES string of the molecule is Nc1cc(F)ccc1NC(=O)Cn1cc(Cl)cnc1=O. The predicted molar refractivity (Wildman–Crippen MR) is 72.9 cm³/mol. The fourth-order valence-corrected chi connectivity index (χ4v) is 1.70. The van der Waals surface area contributed by atoms with E-state index in [1.54, 1.807) is 0 Å². The molecule has 2 aromatic rings. The fourth-order valence-electron chi connectivity index (χ4n) is 1.53. The molecule has 0 aliphatic rings. The van der Waals surface area contributed by atoms with Crippen molar-refractivity contribution in [1.29, 1.82) is 0 Å². The van der Waals surface area contributed by atoms with Crippen LogP contribution in [0.25, 0.3) is 0 Å². The normalized spacial score (nSPS) is 10.3. The van der Waals surface area contributed by atoms with E-state index in [2.05, 4.69) is 10.3 Å². The molecular formula is C12H10ClFN4O2. The maximum Gasteiger partial charge on any atom is 0.348 e. The van der Waals surface area contributed by atoms with Crippen LogP contribution in [-0.4, -0.2) is 15.5 Å². The van der Waals surface area contributed by atoms with Crippen LogP contribution in [0.2, 0.25) is 5.02 Å². The van der Waals surface area contributed by atoms with Gasteiger partial charge in [0.1, 0.15) is 12.4 Å². The van der Waals surface area contributed by atoms with Crippen molar-refractivity contribution in [1.82, 2.24) is 9.55 Å². The molecule has 0 fully saturated rings. The summed E-state index contributed by atoms with van der Waals surface area (Å²) in [6, 6.07) is 3.59. The number of hydrogen-bond donors (Lipinski definition) is 2. The molecule has 2 rings (SSSR count). The van der Waals surface area contributed by atoms with E-state index in [-0.39, 0.29) is 22.9 Å². The van der Waals surface area contributed by atoms with Crippen LogP contribution in [-0.2, 0) is 11.3 Å². The Morgan fingerprint density at radius 3 is 2.95 bits per heavy atom. The number of nitrogen functional groups attached to an aromatic ring is 1. The number of nitrogens with two attached hydrogens (primary N) is 1. The summed E-state index contributed by atoms with van der Waals surface area (Å²) in [4.78, 5) is 26.7. The third-order valence-corrected chi connectivity index (χ3v) is 2.62. The second-order valence-electron chi connectivity index (χ2n) is 3.96. The van der Waals surface area contributed by atoms with Crippen LogP contribution in [0, 0.1) is 5.82 Å². The van der Waals surface area contributed by atoms with Crippen molar-refractivity contribution < 1.29 is 9.18 Å². The molecule has 0 bridgehead atoms. The Morgan fingerprint density at radius 1 is 1.50 bits per heavy atom. The largest absolute Gasteiger partial charge is 0.397 e.